The monoisotopic (exact) mass is 905 g/mol. The second-order valence-electron chi connectivity index (χ2n) is 17.3. The van der Waals surface area contributed by atoms with E-state index >= 15 is 14.4 Å². The number of fused-ring (bicyclic) bond motifs is 4. The molecule has 14 nitrogen and oxygen atoms in total. The Morgan fingerprint density at radius 1 is 0.838 bits per heavy atom. The number of amides is 2. The highest BCUT2D eigenvalue weighted by Gasteiger charge is 2.74. The minimum atomic E-state index is -1.80. The van der Waals surface area contributed by atoms with Crippen molar-refractivity contribution in [2.75, 3.05) is 55.1 Å². The van der Waals surface area contributed by atoms with Gasteiger partial charge >= 0.3 is 5.97 Å². The van der Waals surface area contributed by atoms with Crippen molar-refractivity contribution >= 4 is 45.9 Å². The number of carbonyl (C=O) groups is 3. The molecule has 0 bridgehead atoms. The van der Waals surface area contributed by atoms with Crippen molar-refractivity contribution in [1.29, 1.82) is 0 Å². The summed E-state index contributed by atoms with van der Waals surface area (Å²) in [4.78, 5) is 51.1. The van der Waals surface area contributed by atoms with Gasteiger partial charge in [-0.1, -0.05) is 108 Å². The van der Waals surface area contributed by atoms with E-state index in [1.807, 2.05) is 144 Å². The second kappa shape index (κ2) is 18.1. The van der Waals surface area contributed by atoms with Gasteiger partial charge in [-0.25, -0.2) is 4.68 Å². The number of hydrogen-bond acceptors (Lipinski definition) is 11. The Kier molecular flexibility index (Phi) is 11.4. The Balaban J connectivity index is 1.12. The van der Waals surface area contributed by atoms with Crippen LogP contribution >= 0.6 is 0 Å². The van der Waals surface area contributed by atoms with Crippen LogP contribution in [0.25, 0.3) is 11.0 Å². The van der Waals surface area contributed by atoms with Gasteiger partial charge in [-0.05, 0) is 77.4 Å². The van der Waals surface area contributed by atoms with Crippen LogP contribution in [0, 0.1) is 17.8 Å². The lowest BCUT2D eigenvalue weighted by Gasteiger charge is -2.46. The zero-order chi connectivity index (χ0) is 46.2. The molecule has 6 atom stereocenters. The van der Waals surface area contributed by atoms with Crippen LogP contribution in [0.1, 0.15) is 46.0 Å². The summed E-state index contributed by atoms with van der Waals surface area (Å²) in [6.07, 6.45) is -0.851. The molecular weight excluding hydrogens is 859 g/mol. The second-order valence-corrected chi connectivity index (χ2v) is 17.3. The van der Waals surface area contributed by atoms with E-state index in [1.54, 1.807) is 16.8 Å². The summed E-state index contributed by atoms with van der Waals surface area (Å²) in [6, 6.07) is 44.3. The lowest BCUT2D eigenvalue weighted by molar-refractivity contribution is -0.177. The number of benzene rings is 6. The average molecular weight is 906 g/mol. The number of aliphatic hydroxyl groups excluding tert-OH is 1. The Bertz CT molecular complexity index is 3080. The molecule has 1 spiro atoms. The molecule has 2 amide bonds. The summed E-state index contributed by atoms with van der Waals surface area (Å²) in [7, 11) is 0. The fourth-order valence-corrected chi connectivity index (χ4v) is 10.7. The van der Waals surface area contributed by atoms with Gasteiger partial charge in [-0.2, -0.15) is 0 Å². The molecule has 3 fully saturated rings. The van der Waals surface area contributed by atoms with Crippen LogP contribution in [-0.2, 0) is 35.8 Å². The predicted octanol–water partition coefficient (Wildman–Crippen LogP) is 6.60. The van der Waals surface area contributed by atoms with Gasteiger partial charge in [0.1, 0.15) is 42.0 Å². The van der Waals surface area contributed by atoms with E-state index in [4.69, 9.17) is 14.2 Å². The van der Waals surface area contributed by atoms with Gasteiger partial charge in [0, 0.05) is 41.3 Å². The zero-order valence-corrected chi connectivity index (χ0v) is 36.9. The van der Waals surface area contributed by atoms with E-state index in [-0.39, 0.29) is 19.8 Å². The van der Waals surface area contributed by atoms with Crippen LogP contribution < -0.4 is 20.3 Å². The van der Waals surface area contributed by atoms with Gasteiger partial charge in [0.2, 0.25) is 11.8 Å². The van der Waals surface area contributed by atoms with E-state index < -0.39 is 53.3 Å². The molecule has 0 aliphatic carbocycles. The molecule has 3 saturated heterocycles. The van der Waals surface area contributed by atoms with Gasteiger partial charge in [-0.3, -0.25) is 19.3 Å². The fraction of sp³-hybridized carbons (Fsp3) is 0.241. The van der Waals surface area contributed by atoms with E-state index in [1.165, 1.54) is 0 Å². The van der Waals surface area contributed by atoms with Crippen molar-refractivity contribution in [2.45, 2.75) is 36.2 Å². The Hall–Kier alpha value is -7.83. The SMILES string of the molecule is O=C1O[C@@H](c2ccccc2)[C@@H](c2ccccc2)N2[C@@H](c3ccccc3OCCO)[C@]3(C(=O)Nc4ccc(C#CCn5nnc6ccccc65)cc43)[C@@H](C(=O)Nc3ccc(N4CCOCC4)cc3)[C@H]12. The summed E-state index contributed by atoms with van der Waals surface area (Å²) >= 11 is 0. The number of rotatable bonds is 10. The van der Waals surface area contributed by atoms with Crippen LogP contribution in [0.15, 0.2) is 152 Å². The Morgan fingerprint density at radius 3 is 2.34 bits per heavy atom. The van der Waals surface area contributed by atoms with Gasteiger partial charge in [-0.15, -0.1) is 5.10 Å². The maximum atomic E-state index is 15.8. The van der Waals surface area contributed by atoms with E-state index in [9.17, 15) is 5.11 Å². The van der Waals surface area contributed by atoms with Crippen LogP contribution in [0.2, 0.25) is 0 Å². The topological polar surface area (TPSA) is 160 Å². The van der Waals surface area contributed by atoms with E-state index in [2.05, 4.69) is 37.7 Å². The molecule has 68 heavy (non-hydrogen) atoms. The predicted molar refractivity (Wildman–Crippen MR) is 255 cm³/mol. The van der Waals surface area contributed by atoms with Crippen molar-refractivity contribution in [3.05, 3.63) is 179 Å². The van der Waals surface area contributed by atoms with Crippen molar-refractivity contribution in [3.8, 4) is 17.6 Å². The first-order chi connectivity index (χ1) is 33.4. The molecule has 5 heterocycles. The van der Waals surface area contributed by atoms with Crippen LogP contribution in [0.5, 0.6) is 5.75 Å². The normalized spacial score (nSPS) is 23.0. The van der Waals surface area contributed by atoms with Crippen molar-refractivity contribution in [3.63, 3.8) is 0 Å². The van der Waals surface area contributed by atoms with Gasteiger partial charge < -0.3 is 34.9 Å². The first-order valence-electron chi connectivity index (χ1n) is 22.8. The fourth-order valence-electron chi connectivity index (χ4n) is 10.7. The number of nitrogens with zero attached hydrogens (tertiary/aromatic N) is 5. The number of carbonyl (C=O) groups excluding carboxylic acids is 3. The molecule has 340 valence electrons. The number of cyclic esters (lactones) is 1. The number of esters is 1. The number of para-hydroxylation sites is 2. The number of anilines is 3. The summed E-state index contributed by atoms with van der Waals surface area (Å²) in [5.74, 6) is 3.89. The summed E-state index contributed by atoms with van der Waals surface area (Å²) in [5.41, 5.74) is 4.95. The maximum absolute atomic E-state index is 15.8. The van der Waals surface area contributed by atoms with Gasteiger partial charge in [0.15, 0.2) is 0 Å². The van der Waals surface area contributed by atoms with Crippen LogP contribution in [0.4, 0.5) is 17.1 Å². The highest BCUT2D eigenvalue weighted by molar-refractivity contribution is 6.13. The smallest absolute Gasteiger partial charge is 0.324 e. The molecule has 3 N–H and O–H groups in total. The summed E-state index contributed by atoms with van der Waals surface area (Å²) < 4.78 is 20.2. The highest BCUT2D eigenvalue weighted by Crippen LogP contribution is 2.65. The number of morpholine rings is 2. The molecule has 6 aromatic carbocycles. The highest BCUT2D eigenvalue weighted by atomic mass is 16.6. The number of ether oxygens (including phenoxy) is 3. The third-order valence-corrected chi connectivity index (χ3v) is 13.5. The number of aliphatic hydroxyl groups is 1. The molecular formula is C54H47N7O7. The maximum Gasteiger partial charge on any atom is 0.324 e. The third-order valence-electron chi connectivity index (χ3n) is 13.5. The molecule has 4 aliphatic rings. The van der Waals surface area contributed by atoms with Gasteiger partial charge in [0.05, 0.1) is 43.3 Å². The van der Waals surface area contributed by atoms with Crippen LogP contribution in [-0.4, -0.2) is 88.3 Å². The standard InChI is InChI=1S/C54H47N7O7/c62-30-33-67-45-20-10-7-17-40(45)50-54(41-34-35(21-26-42(41)56-53(54)65)12-11-27-60-44-19-9-8-18-43(44)57-58-60)46(51(63)55-38-22-24-39(25-23-38)59-28-31-66-32-29-59)48-52(64)68-49(37-15-5-2-6-16-37)47(61(48)50)36-13-3-1-4-14-36/h1-10,13-26,34,46-50,62H,27-33H2,(H,55,63)(H,56,65)/t46-,47-,48-,49+,50+,54-/m1/s1. The molecule has 7 aromatic rings. The molecule has 11 rings (SSSR count). The lowest BCUT2D eigenvalue weighted by Crippen LogP contribution is -2.53. The molecule has 14 heteroatoms. The van der Waals surface area contributed by atoms with Crippen molar-refractivity contribution in [2.24, 2.45) is 5.92 Å². The Labute approximate surface area is 392 Å². The number of aromatic nitrogens is 3. The molecule has 0 radical (unpaired) electrons. The van der Waals surface area contributed by atoms with E-state index in [0.717, 1.165) is 40.9 Å². The molecule has 0 unspecified atom stereocenters. The minimum absolute atomic E-state index is 0.0368. The first-order valence-corrected chi connectivity index (χ1v) is 22.8. The van der Waals surface area contributed by atoms with Crippen molar-refractivity contribution in [1.82, 2.24) is 19.9 Å². The zero-order valence-electron chi connectivity index (χ0n) is 36.9. The minimum Gasteiger partial charge on any atom is -0.491 e. The van der Waals surface area contributed by atoms with Crippen LogP contribution in [0.3, 0.4) is 0 Å². The number of hydrogen-bond donors (Lipinski definition) is 3. The summed E-state index contributed by atoms with van der Waals surface area (Å²) in [5, 5.41) is 25.0. The number of nitrogens with one attached hydrogen (secondary N) is 2. The largest absolute Gasteiger partial charge is 0.491 e. The van der Waals surface area contributed by atoms with Gasteiger partial charge in [0.25, 0.3) is 0 Å². The molecule has 0 saturated carbocycles. The lowest BCUT2D eigenvalue weighted by atomic mass is 9.65. The van der Waals surface area contributed by atoms with E-state index in [0.29, 0.717) is 47.0 Å². The third kappa shape index (κ3) is 7.41. The Morgan fingerprint density at radius 2 is 1.56 bits per heavy atom. The molecule has 4 aliphatic heterocycles. The first kappa shape index (κ1) is 42.8. The quantitative estimate of drug-likeness (QED) is 0.100. The molecule has 1 aromatic heterocycles. The average Bonchev–Trinajstić information content (AvgIpc) is 4.04. The summed E-state index contributed by atoms with van der Waals surface area (Å²) in [6.45, 7) is 2.67. The van der Waals surface area contributed by atoms with Crippen molar-refractivity contribution < 1.29 is 33.7 Å².